The predicted octanol–water partition coefficient (Wildman–Crippen LogP) is 2.91. The fourth-order valence-corrected chi connectivity index (χ4v) is 4.05. The molecule has 0 aliphatic carbocycles. The van der Waals surface area contributed by atoms with Gasteiger partial charge in [-0.25, -0.2) is 0 Å². The minimum atomic E-state index is 0.129. The standard InChI is InChI=1S/C20H31N3O/c1-3-10-22-11-5-4-9-19(22)20(24)23-14-12-21(13-15-23)18-8-6-7-17(2)16-18/h6-8,16,19H,3-5,9-15H2,1-2H3. The highest BCUT2D eigenvalue weighted by atomic mass is 16.2. The van der Waals surface area contributed by atoms with Crippen molar-refractivity contribution in [2.24, 2.45) is 0 Å². The van der Waals surface area contributed by atoms with Gasteiger partial charge in [-0.3, -0.25) is 9.69 Å². The largest absolute Gasteiger partial charge is 0.368 e. The molecule has 1 unspecified atom stereocenters. The van der Waals surface area contributed by atoms with Gasteiger partial charge < -0.3 is 9.80 Å². The number of piperidine rings is 1. The van der Waals surface area contributed by atoms with Crippen molar-refractivity contribution >= 4 is 11.6 Å². The van der Waals surface area contributed by atoms with Gasteiger partial charge in [0.25, 0.3) is 0 Å². The molecule has 1 atom stereocenters. The number of carbonyl (C=O) groups is 1. The summed E-state index contributed by atoms with van der Waals surface area (Å²) in [6.45, 7) is 10.1. The zero-order valence-corrected chi connectivity index (χ0v) is 15.2. The van der Waals surface area contributed by atoms with Gasteiger partial charge in [0.2, 0.25) is 5.91 Å². The molecule has 2 fully saturated rings. The van der Waals surface area contributed by atoms with Crippen LogP contribution < -0.4 is 4.90 Å². The molecule has 0 aromatic heterocycles. The average molecular weight is 329 g/mol. The third-order valence-corrected chi connectivity index (χ3v) is 5.37. The van der Waals surface area contributed by atoms with Crippen molar-refractivity contribution < 1.29 is 4.79 Å². The summed E-state index contributed by atoms with van der Waals surface area (Å²) >= 11 is 0. The van der Waals surface area contributed by atoms with Crippen LogP contribution in [-0.4, -0.2) is 61.0 Å². The molecule has 132 valence electrons. The summed E-state index contributed by atoms with van der Waals surface area (Å²) in [7, 11) is 0. The van der Waals surface area contributed by atoms with Gasteiger partial charge in [0.1, 0.15) is 0 Å². The van der Waals surface area contributed by atoms with Crippen LogP contribution in [0.3, 0.4) is 0 Å². The fraction of sp³-hybridized carbons (Fsp3) is 0.650. The third kappa shape index (κ3) is 3.92. The lowest BCUT2D eigenvalue weighted by Crippen LogP contribution is -2.56. The average Bonchev–Trinajstić information content (AvgIpc) is 2.62. The number of anilines is 1. The Morgan fingerprint density at radius 3 is 2.62 bits per heavy atom. The Balaban J connectivity index is 1.58. The van der Waals surface area contributed by atoms with Crippen LogP contribution in [0.2, 0.25) is 0 Å². The number of aryl methyl sites for hydroxylation is 1. The molecule has 2 aliphatic rings. The quantitative estimate of drug-likeness (QED) is 0.850. The van der Waals surface area contributed by atoms with E-state index >= 15 is 0 Å². The lowest BCUT2D eigenvalue weighted by atomic mass is 10.00. The van der Waals surface area contributed by atoms with Crippen LogP contribution >= 0.6 is 0 Å². The molecule has 4 nitrogen and oxygen atoms in total. The maximum Gasteiger partial charge on any atom is 0.240 e. The van der Waals surface area contributed by atoms with Crippen molar-refractivity contribution in [3.05, 3.63) is 29.8 Å². The first-order valence-electron chi connectivity index (χ1n) is 9.53. The summed E-state index contributed by atoms with van der Waals surface area (Å²) in [6.07, 6.45) is 4.60. The number of benzene rings is 1. The lowest BCUT2D eigenvalue weighted by Gasteiger charge is -2.41. The van der Waals surface area contributed by atoms with E-state index in [1.807, 2.05) is 0 Å². The number of hydrogen-bond donors (Lipinski definition) is 0. The van der Waals surface area contributed by atoms with Gasteiger partial charge in [0.05, 0.1) is 6.04 Å². The number of amides is 1. The molecule has 0 bridgehead atoms. The van der Waals surface area contributed by atoms with Gasteiger partial charge in [-0.2, -0.15) is 0 Å². The summed E-state index contributed by atoms with van der Waals surface area (Å²) in [5, 5.41) is 0. The number of nitrogens with zero attached hydrogens (tertiary/aromatic N) is 3. The highest BCUT2D eigenvalue weighted by Gasteiger charge is 2.32. The van der Waals surface area contributed by atoms with Crippen molar-refractivity contribution in [2.75, 3.05) is 44.2 Å². The zero-order chi connectivity index (χ0) is 16.9. The van der Waals surface area contributed by atoms with Crippen LogP contribution in [0.1, 0.15) is 38.2 Å². The zero-order valence-electron chi connectivity index (χ0n) is 15.2. The van der Waals surface area contributed by atoms with E-state index in [2.05, 4.69) is 52.8 Å². The molecular formula is C20H31N3O. The molecule has 3 rings (SSSR count). The first-order chi connectivity index (χ1) is 11.7. The number of rotatable bonds is 4. The van der Waals surface area contributed by atoms with Crippen molar-refractivity contribution in [3.63, 3.8) is 0 Å². The number of hydrogen-bond acceptors (Lipinski definition) is 3. The van der Waals surface area contributed by atoms with Gasteiger partial charge in [0.15, 0.2) is 0 Å². The summed E-state index contributed by atoms with van der Waals surface area (Å²) < 4.78 is 0. The molecule has 0 radical (unpaired) electrons. The van der Waals surface area contributed by atoms with Crippen LogP contribution in [-0.2, 0) is 4.79 Å². The Morgan fingerprint density at radius 2 is 1.92 bits per heavy atom. The van der Waals surface area contributed by atoms with E-state index in [9.17, 15) is 4.79 Å². The topological polar surface area (TPSA) is 26.8 Å². The van der Waals surface area contributed by atoms with Crippen molar-refractivity contribution in [3.8, 4) is 0 Å². The van der Waals surface area contributed by atoms with E-state index in [0.29, 0.717) is 5.91 Å². The maximum atomic E-state index is 13.0. The molecule has 0 N–H and O–H groups in total. The van der Waals surface area contributed by atoms with Crippen LogP contribution in [0.5, 0.6) is 0 Å². The van der Waals surface area contributed by atoms with E-state index in [4.69, 9.17) is 0 Å². The van der Waals surface area contributed by atoms with Gasteiger partial charge in [-0.1, -0.05) is 25.5 Å². The summed E-state index contributed by atoms with van der Waals surface area (Å²) in [6, 6.07) is 8.79. The molecular weight excluding hydrogens is 298 g/mol. The minimum absolute atomic E-state index is 0.129. The van der Waals surface area contributed by atoms with E-state index in [-0.39, 0.29) is 6.04 Å². The smallest absolute Gasteiger partial charge is 0.240 e. The Morgan fingerprint density at radius 1 is 1.12 bits per heavy atom. The van der Waals surface area contributed by atoms with Crippen LogP contribution in [0.25, 0.3) is 0 Å². The van der Waals surface area contributed by atoms with E-state index < -0.39 is 0 Å². The highest BCUT2D eigenvalue weighted by Crippen LogP contribution is 2.22. The molecule has 1 amide bonds. The molecule has 2 saturated heterocycles. The van der Waals surface area contributed by atoms with E-state index in [0.717, 1.165) is 52.1 Å². The molecule has 2 heterocycles. The van der Waals surface area contributed by atoms with Gasteiger partial charge in [0, 0.05) is 31.9 Å². The second-order valence-electron chi connectivity index (χ2n) is 7.20. The molecule has 4 heteroatoms. The summed E-state index contributed by atoms with van der Waals surface area (Å²) in [4.78, 5) is 19.9. The summed E-state index contributed by atoms with van der Waals surface area (Å²) in [5.41, 5.74) is 2.58. The van der Waals surface area contributed by atoms with Crippen LogP contribution in [0.15, 0.2) is 24.3 Å². The number of piperazine rings is 1. The molecule has 2 aliphatic heterocycles. The Kier molecular flexibility index (Phi) is 5.77. The third-order valence-electron chi connectivity index (χ3n) is 5.37. The Hall–Kier alpha value is -1.55. The predicted molar refractivity (Wildman–Crippen MR) is 99.5 cm³/mol. The molecule has 0 saturated carbocycles. The van der Waals surface area contributed by atoms with Gasteiger partial charge >= 0.3 is 0 Å². The second-order valence-corrected chi connectivity index (χ2v) is 7.20. The monoisotopic (exact) mass is 329 g/mol. The minimum Gasteiger partial charge on any atom is -0.368 e. The van der Waals surface area contributed by atoms with E-state index in [1.165, 1.54) is 24.1 Å². The summed E-state index contributed by atoms with van der Waals surface area (Å²) in [5.74, 6) is 0.368. The van der Waals surface area contributed by atoms with Crippen molar-refractivity contribution in [1.82, 2.24) is 9.80 Å². The van der Waals surface area contributed by atoms with Crippen LogP contribution in [0, 0.1) is 6.92 Å². The molecule has 0 spiro atoms. The van der Waals surface area contributed by atoms with Gasteiger partial charge in [-0.15, -0.1) is 0 Å². The SMILES string of the molecule is CCCN1CCCCC1C(=O)N1CCN(c2cccc(C)c2)CC1. The second kappa shape index (κ2) is 8.02. The molecule has 1 aromatic carbocycles. The van der Waals surface area contributed by atoms with Crippen molar-refractivity contribution in [1.29, 1.82) is 0 Å². The highest BCUT2D eigenvalue weighted by molar-refractivity contribution is 5.82. The first kappa shape index (κ1) is 17.3. The number of likely N-dealkylation sites (tertiary alicyclic amines) is 1. The maximum absolute atomic E-state index is 13.0. The lowest BCUT2D eigenvalue weighted by molar-refractivity contribution is -0.138. The Labute approximate surface area is 146 Å². The fourth-order valence-electron chi connectivity index (χ4n) is 4.05. The van der Waals surface area contributed by atoms with E-state index in [1.54, 1.807) is 0 Å². The van der Waals surface area contributed by atoms with Crippen LogP contribution in [0.4, 0.5) is 5.69 Å². The number of carbonyl (C=O) groups excluding carboxylic acids is 1. The van der Waals surface area contributed by atoms with Gasteiger partial charge in [-0.05, 0) is 57.0 Å². The normalized spacial score (nSPS) is 22.7. The molecule has 24 heavy (non-hydrogen) atoms. The van der Waals surface area contributed by atoms with Crippen molar-refractivity contribution in [2.45, 2.75) is 45.6 Å². The Bertz CT molecular complexity index is 550. The molecule has 1 aromatic rings. The first-order valence-corrected chi connectivity index (χ1v) is 9.53.